The van der Waals surface area contributed by atoms with Gasteiger partial charge < -0.3 is 20.4 Å². The highest BCUT2D eigenvalue weighted by Crippen LogP contribution is 2.51. The number of aliphatic hydroxyl groups is 1. The van der Waals surface area contributed by atoms with Gasteiger partial charge in [0.2, 0.25) is 5.69 Å². The lowest BCUT2D eigenvalue weighted by Crippen LogP contribution is -2.31. The molecule has 0 bridgehead atoms. The smallest absolute Gasteiger partial charge is 0.336 e. The van der Waals surface area contributed by atoms with Crippen molar-refractivity contribution in [2.45, 2.75) is 57.6 Å². The largest absolute Gasteiger partial charge is 0.478 e. The molecule has 342 valence electrons. The van der Waals surface area contributed by atoms with E-state index in [1.807, 2.05) is 13.8 Å². The Balaban J connectivity index is 1.82. The molecule has 1 atom stereocenters. The summed E-state index contributed by atoms with van der Waals surface area (Å²) in [6, 6.07) is 7.49. The molecule has 2 aliphatic rings. The van der Waals surface area contributed by atoms with Gasteiger partial charge in [-0.15, -0.1) is 0 Å². The number of carbonyl (C=O) groups excluding carboxylic acids is 1. The van der Waals surface area contributed by atoms with Gasteiger partial charge in [0.15, 0.2) is 5.71 Å². The number of fused-ring (bicyclic) bond motifs is 2. The molecule has 1 amide bonds. The fraction of sp³-hybridized carbons (Fsp3) is 0.447. The number of carbonyl (C=O) groups is 2. The minimum Gasteiger partial charge on any atom is -0.478 e. The zero-order chi connectivity index (χ0) is 46.6. The van der Waals surface area contributed by atoms with Crippen LogP contribution in [0.15, 0.2) is 66.4 Å². The third-order valence-corrected chi connectivity index (χ3v) is 13.4. The van der Waals surface area contributed by atoms with Gasteiger partial charge in [-0.2, -0.15) is 38.2 Å². The number of rotatable bonds is 21. The second kappa shape index (κ2) is 19.2. The lowest BCUT2D eigenvalue weighted by atomic mass is 9.79. The van der Waals surface area contributed by atoms with E-state index in [-0.39, 0.29) is 42.6 Å². The van der Waals surface area contributed by atoms with E-state index in [0.717, 1.165) is 0 Å². The number of nitrogens with zero attached hydrogens (tertiary/aromatic N) is 2. The Labute approximate surface area is 360 Å². The van der Waals surface area contributed by atoms with Crippen LogP contribution in [0.3, 0.4) is 0 Å². The minimum atomic E-state index is -4.45. The van der Waals surface area contributed by atoms with Crippen molar-refractivity contribution in [1.82, 2.24) is 10.6 Å². The van der Waals surface area contributed by atoms with Crippen LogP contribution >= 0.6 is 0 Å². The Morgan fingerprint density at radius 3 is 1.97 bits per heavy atom. The Hall–Kier alpha value is -4.37. The maximum Gasteiger partial charge on any atom is 0.336 e. The summed E-state index contributed by atoms with van der Waals surface area (Å²) >= 11 is 0. The summed E-state index contributed by atoms with van der Waals surface area (Å²) in [6.07, 6.45) is 6.61. The molecule has 0 radical (unpaired) electrons. The van der Waals surface area contributed by atoms with Crippen LogP contribution in [-0.2, 0) is 51.3 Å². The van der Waals surface area contributed by atoms with Gasteiger partial charge >= 0.3 is 5.97 Å². The number of benzene rings is 2. The molecule has 0 saturated heterocycles. The average molecular weight is 948 g/mol. The molecule has 0 aromatic heterocycles. The van der Waals surface area contributed by atoms with E-state index in [1.54, 1.807) is 65.8 Å². The van der Waals surface area contributed by atoms with Crippen molar-refractivity contribution in [3.05, 3.63) is 94.2 Å². The number of hydrogen-bond donors (Lipinski definition) is 8. The molecule has 8 N–H and O–H groups in total. The van der Waals surface area contributed by atoms with Crippen LogP contribution in [0.4, 0.5) is 11.4 Å². The third-order valence-electron chi connectivity index (χ3n) is 10.3. The highest BCUT2D eigenvalue weighted by Gasteiger charge is 2.47. The van der Waals surface area contributed by atoms with Crippen molar-refractivity contribution < 1.29 is 76.3 Å². The molecule has 2 heterocycles. The number of anilines is 1. The lowest BCUT2D eigenvalue weighted by Gasteiger charge is -2.27. The summed E-state index contributed by atoms with van der Waals surface area (Å²) in [5.74, 6) is -4.73. The van der Waals surface area contributed by atoms with Crippen molar-refractivity contribution in [3.8, 4) is 0 Å². The van der Waals surface area contributed by atoms with Crippen LogP contribution in [0, 0.1) is 0 Å². The van der Waals surface area contributed by atoms with Gasteiger partial charge in [0.05, 0.1) is 39.6 Å². The molecule has 1 unspecified atom stereocenters. The van der Waals surface area contributed by atoms with Crippen LogP contribution in [0.2, 0.25) is 0 Å². The third kappa shape index (κ3) is 12.9. The first-order valence-electron chi connectivity index (χ1n) is 19.0. The first-order valence-corrected chi connectivity index (χ1v) is 25.4. The molecule has 24 heteroatoms. The highest BCUT2D eigenvalue weighted by atomic mass is 32.2. The molecule has 62 heavy (non-hydrogen) atoms. The summed E-state index contributed by atoms with van der Waals surface area (Å²) < 4.78 is 131. The Bertz CT molecular complexity index is 2670. The van der Waals surface area contributed by atoms with Gasteiger partial charge in [-0.25, -0.2) is 4.79 Å². The van der Waals surface area contributed by atoms with Gasteiger partial charge in [-0.3, -0.25) is 28.3 Å². The lowest BCUT2D eigenvalue weighted by molar-refractivity contribution is -0.437. The molecule has 20 nitrogen and oxygen atoms in total. The number of carboxylic acid groups (broad SMARTS) is 1. The number of allylic oxidation sites excluding steroid dienone is 6. The Morgan fingerprint density at radius 2 is 1.37 bits per heavy atom. The van der Waals surface area contributed by atoms with E-state index in [0.29, 0.717) is 33.9 Å². The molecule has 0 aliphatic carbocycles. The van der Waals surface area contributed by atoms with Crippen LogP contribution in [0.5, 0.6) is 0 Å². The predicted molar refractivity (Wildman–Crippen MR) is 230 cm³/mol. The molecule has 2 aromatic carbocycles. The van der Waals surface area contributed by atoms with Gasteiger partial charge in [0.25, 0.3) is 46.4 Å². The molecule has 2 aliphatic heterocycles. The van der Waals surface area contributed by atoms with Gasteiger partial charge in [0, 0.05) is 66.1 Å². The quantitative estimate of drug-likeness (QED) is 0.0385. The van der Waals surface area contributed by atoms with Gasteiger partial charge in [-0.05, 0) is 50.1 Å². The van der Waals surface area contributed by atoms with E-state index in [9.17, 15) is 67.1 Å². The summed E-state index contributed by atoms with van der Waals surface area (Å²) in [5.41, 5.74) is 0.988. The molecule has 4 rings (SSSR count). The van der Waals surface area contributed by atoms with E-state index in [4.69, 9.17) is 4.55 Å². The van der Waals surface area contributed by atoms with Crippen molar-refractivity contribution in [2.24, 2.45) is 0 Å². The topological polar surface area (TPSA) is 322 Å². The van der Waals surface area contributed by atoms with Crippen LogP contribution < -0.4 is 15.5 Å². The number of carboxylic acids is 1. The first kappa shape index (κ1) is 50.3. The average Bonchev–Trinajstić information content (AvgIpc) is 3.47. The number of aromatic carboxylic acids is 1. The second-order valence-corrected chi connectivity index (χ2v) is 22.0. The fourth-order valence-corrected chi connectivity index (χ4v) is 9.48. The molecular weight excluding hydrogens is 897 g/mol. The molecule has 0 spiro atoms. The fourth-order valence-electron chi connectivity index (χ4n) is 7.76. The van der Waals surface area contributed by atoms with E-state index >= 15 is 0 Å². The Kier molecular flexibility index (Phi) is 15.5. The normalized spacial score (nSPS) is 17.6. The number of nitrogens with one attached hydrogen (secondary N) is 2. The van der Waals surface area contributed by atoms with E-state index in [2.05, 4.69) is 10.6 Å². The van der Waals surface area contributed by atoms with Crippen molar-refractivity contribution in [2.75, 3.05) is 54.1 Å². The van der Waals surface area contributed by atoms with Crippen LogP contribution in [-0.4, -0.2) is 133 Å². The summed E-state index contributed by atoms with van der Waals surface area (Å²) in [4.78, 5) is 27.3. The van der Waals surface area contributed by atoms with Crippen LogP contribution in [0.1, 0.15) is 84.2 Å². The van der Waals surface area contributed by atoms with E-state index in [1.165, 1.54) is 18.2 Å². The molecular formula is C38H51N4O16S4+. The zero-order valence-electron chi connectivity index (χ0n) is 34.2. The van der Waals surface area contributed by atoms with Crippen molar-refractivity contribution in [1.29, 1.82) is 0 Å². The van der Waals surface area contributed by atoms with Gasteiger partial charge in [-0.1, -0.05) is 38.1 Å². The van der Waals surface area contributed by atoms with Gasteiger partial charge in [0.1, 0.15) is 12.8 Å². The van der Waals surface area contributed by atoms with Crippen molar-refractivity contribution >= 4 is 69.4 Å². The summed E-state index contributed by atoms with van der Waals surface area (Å²) in [7, 11) is -17.6. The molecule has 0 fully saturated rings. The molecule has 2 aromatic rings. The highest BCUT2D eigenvalue weighted by molar-refractivity contribution is 7.86. The number of aliphatic hydroxyl groups excluding tert-OH is 1. The standard InChI is InChI=1S/C38H50N4O16S4/c1-37(2)30(41(17-9-19-59(47,48)49)28-12-8-11-26(32(28)37)36(45)46)13-6-5-7-14-31-38(3,4)33-27(35(44)40-16-22-62(56,57)58)23-25(34(43)39-15-21-61(53,54)55)24-29(33)42(31)18-10-20-60(50,51)52/h5-8,11-14,23-24,35,40,44H,9-10,15-22H2,1-4H3,(H5-,39,43,45,46,47,48,49,50,51,52,53,54,55,56,57,58)/p+1. The first-order chi connectivity index (χ1) is 28.4. The van der Waals surface area contributed by atoms with Crippen LogP contribution in [0.25, 0.3) is 0 Å². The van der Waals surface area contributed by atoms with E-state index < -0.39 is 106 Å². The maximum absolute atomic E-state index is 13.4. The monoisotopic (exact) mass is 947 g/mol. The van der Waals surface area contributed by atoms with Crippen molar-refractivity contribution in [3.63, 3.8) is 0 Å². The summed E-state index contributed by atoms with van der Waals surface area (Å²) in [6.45, 7) is 6.33. The number of hydrogen-bond acceptors (Lipinski definition) is 13. The number of amides is 1. The second-order valence-electron chi connectivity index (χ2n) is 15.7. The zero-order valence-corrected chi connectivity index (χ0v) is 37.5. The minimum absolute atomic E-state index is 0.0225. The molecule has 0 saturated carbocycles. The summed E-state index contributed by atoms with van der Waals surface area (Å²) in [5, 5.41) is 26.4. The maximum atomic E-state index is 13.4. The Morgan fingerprint density at radius 1 is 0.774 bits per heavy atom. The predicted octanol–water partition coefficient (Wildman–Crippen LogP) is 2.20. The SMILES string of the molecule is CC1(C)C(=CC=CC=CC2=[N+](CCCS(=O)(=O)O)c3cccc(C(=O)O)c3C2(C)C)N(CCCS(=O)(=O)O)c2cc(C(=O)NCCS(=O)(=O)O)cc(C(O)NCCS(=O)(=O)O)c21.